The van der Waals surface area contributed by atoms with Crippen LogP contribution in [-0.4, -0.2) is 10.9 Å². The van der Waals surface area contributed by atoms with E-state index < -0.39 is 0 Å². The minimum absolute atomic E-state index is 0.0896. The van der Waals surface area contributed by atoms with Crippen LogP contribution in [0.4, 0.5) is 23.0 Å². The van der Waals surface area contributed by atoms with Crippen LogP contribution in [0.25, 0.3) is 0 Å². The summed E-state index contributed by atoms with van der Waals surface area (Å²) in [7, 11) is 0. The number of nitrogens with two attached hydrogens (primary N) is 1. The van der Waals surface area contributed by atoms with Gasteiger partial charge >= 0.3 is 0 Å². The van der Waals surface area contributed by atoms with Crippen LogP contribution in [0.2, 0.25) is 0 Å². The largest absolute Gasteiger partial charge is 0.384 e. The van der Waals surface area contributed by atoms with Gasteiger partial charge in [-0.1, -0.05) is 6.07 Å². The molecule has 18 heavy (non-hydrogen) atoms. The van der Waals surface area contributed by atoms with Gasteiger partial charge in [-0.15, -0.1) is 0 Å². The van der Waals surface area contributed by atoms with E-state index in [2.05, 4.69) is 15.6 Å². The molecular formula is C13H14N4O. The Morgan fingerprint density at radius 3 is 2.39 bits per heavy atom. The highest BCUT2D eigenvalue weighted by molar-refractivity contribution is 5.88. The number of benzene rings is 1. The van der Waals surface area contributed by atoms with Gasteiger partial charge in [-0.05, 0) is 36.4 Å². The Labute approximate surface area is 105 Å². The molecule has 0 saturated carbocycles. The third-order valence-electron chi connectivity index (χ3n) is 2.25. The lowest BCUT2D eigenvalue weighted by Crippen LogP contribution is -2.05. The van der Waals surface area contributed by atoms with Gasteiger partial charge in [0.2, 0.25) is 5.91 Å². The van der Waals surface area contributed by atoms with Crippen LogP contribution in [0.15, 0.2) is 42.5 Å². The maximum Gasteiger partial charge on any atom is 0.221 e. The van der Waals surface area contributed by atoms with Gasteiger partial charge in [-0.25, -0.2) is 4.98 Å². The Morgan fingerprint density at radius 1 is 1.11 bits per heavy atom. The Balaban J connectivity index is 2.08. The first-order valence-corrected chi connectivity index (χ1v) is 5.51. The molecule has 5 heteroatoms. The van der Waals surface area contributed by atoms with Crippen molar-refractivity contribution in [1.82, 2.24) is 4.98 Å². The number of rotatable bonds is 3. The van der Waals surface area contributed by atoms with Crippen molar-refractivity contribution < 1.29 is 4.79 Å². The van der Waals surface area contributed by atoms with E-state index in [0.717, 1.165) is 11.4 Å². The number of carbonyl (C=O) groups excluding carboxylic acids is 1. The first-order chi connectivity index (χ1) is 8.63. The molecule has 5 nitrogen and oxygen atoms in total. The molecule has 92 valence electrons. The van der Waals surface area contributed by atoms with E-state index in [1.807, 2.05) is 36.4 Å². The molecule has 0 aliphatic rings. The van der Waals surface area contributed by atoms with E-state index >= 15 is 0 Å². The van der Waals surface area contributed by atoms with Crippen LogP contribution in [0.3, 0.4) is 0 Å². The van der Waals surface area contributed by atoms with Gasteiger partial charge in [0.15, 0.2) is 0 Å². The van der Waals surface area contributed by atoms with Gasteiger partial charge in [-0.3, -0.25) is 4.79 Å². The van der Waals surface area contributed by atoms with Gasteiger partial charge in [0.1, 0.15) is 11.6 Å². The van der Waals surface area contributed by atoms with E-state index in [-0.39, 0.29) is 5.91 Å². The maximum absolute atomic E-state index is 10.9. The molecule has 1 aromatic carbocycles. The number of hydrogen-bond donors (Lipinski definition) is 3. The number of carbonyl (C=O) groups is 1. The highest BCUT2D eigenvalue weighted by Gasteiger charge is 1.98. The summed E-state index contributed by atoms with van der Waals surface area (Å²) in [6, 6.07) is 12.7. The van der Waals surface area contributed by atoms with Gasteiger partial charge in [0, 0.05) is 18.3 Å². The highest BCUT2D eigenvalue weighted by Crippen LogP contribution is 2.18. The first-order valence-electron chi connectivity index (χ1n) is 5.51. The molecule has 1 aromatic heterocycles. The fourth-order valence-electron chi connectivity index (χ4n) is 1.51. The van der Waals surface area contributed by atoms with Crippen molar-refractivity contribution in [1.29, 1.82) is 0 Å². The molecule has 0 spiro atoms. The Kier molecular flexibility index (Phi) is 3.43. The molecule has 1 amide bonds. The summed E-state index contributed by atoms with van der Waals surface area (Å²) in [6.07, 6.45) is 0. The molecule has 2 aromatic rings. The number of nitrogen functional groups attached to an aromatic ring is 1. The summed E-state index contributed by atoms with van der Waals surface area (Å²) in [5.41, 5.74) is 7.23. The minimum atomic E-state index is -0.0896. The van der Waals surface area contributed by atoms with Crippen molar-refractivity contribution in [3.63, 3.8) is 0 Å². The van der Waals surface area contributed by atoms with Gasteiger partial charge < -0.3 is 16.4 Å². The third-order valence-corrected chi connectivity index (χ3v) is 2.25. The molecule has 0 bridgehead atoms. The number of anilines is 4. The van der Waals surface area contributed by atoms with E-state index in [4.69, 9.17) is 5.73 Å². The molecule has 0 fully saturated rings. The lowest BCUT2D eigenvalue weighted by molar-refractivity contribution is -0.114. The second-order valence-corrected chi connectivity index (χ2v) is 3.83. The van der Waals surface area contributed by atoms with E-state index in [0.29, 0.717) is 11.6 Å². The van der Waals surface area contributed by atoms with E-state index in [9.17, 15) is 4.79 Å². The van der Waals surface area contributed by atoms with Crippen molar-refractivity contribution >= 4 is 28.9 Å². The summed E-state index contributed by atoms with van der Waals surface area (Å²) >= 11 is 0. The summed E-state index contributed by atoms with van der Waals surface area (Å²) in [6.45, 7) is 1.48. The van der Waals surface area contributed by atoms with Crippen LogP contribution < -0.4 is 16.4 Å². The molecule has 0 aliphatic carbocycles. The summed E-state index contributed by atoms with van der Waals surface area (Å²) in [5, 5.41) is 5.82. The van der Waals surface area contributed by atoms with Crippen molar-refractivity contribution in [2.45, 2.75) is 6.92 Å². The zero-order chi connectivity index (χ0) is 13.0. The standard InChI is InChI=1S/C13H14N4O/c1-9(18)15-10-5-7-11(8-6-10)16-13-4-2-3-12(14)17-13/h2-8H,1H3,(H,15,18)(H3,14,16,17). The van der Waals surface area contributed by atoms with Crippen molar-refractivity contribution in [3.8, 4) is 0 Å². The van der Waals surface area contributed by atoms with Gasteiger partial charge in [0.25, 0.3) is 0 Å². The average molecular weight is 242 g/mol. The molecule has 1 heterocycles. The topological polar surface area (TPSA) is 80.0 Å². The maximum atomic E-state index is 10.9. The van der Waals surface area contributed by atoms with Crippen molar-refractivity contribution in [2.24, 2.45) is 0 Å². The lowest BCUT2D eigenvalue weighted by atomic mass is 10.2. The monoisotopic (exact) mass is 242 g/mol. The van der Waals surface area contributed by atoms with Gasteiger partial charge in [0.05, 0.1) is 0 Å². The summed E-state index contributed by atoms with van der Waals surface area (Å²) in [4.78, 5) is 15.0. The zero-order valence-electron chi connectivity index (χ0n) is 9.97. The van der Waals surface area contributed by atoms with Crippen LogP contribution in [0, 0.1) is 0 Å². The molecule has 0 aliphatic heterocycles. The van der Waals surface area contributed by atoms with Crippen LogP contribution >= 0.6 is 0 Å². The normalized spacial score (nSPS) is 9.83. The number of nitrogens with one attached hydrogen (secondary N) is 2. The highest BCUT2D eigenvalue weighted by atomic mass is 16.1. The molecule has 0 atom stereocenters. The predicted octanol–water partition coefficient (Wildman–Crippen LogP) is 2.37. The second kappa shape index (κ2) is 5.18. The lowest BCUT2D eigenvalue weighted by Gasteiger charge is -2.07. The number of pyridine rings is 1. The number of hydrogen-bond acceptors (Lipinski definition) is 4. The first kappa shape index (κ1) is 11.9. The average Bonchev–Trinajstić information content (AvgIpc) is 2.31. The zero-order valence-corrected chi connectivity index (χ0v) is 9.97. The third kappa shape index (κ3) is 3.21. The SMILES string of the molecule is CC(=O)Nc1ccc(Nc2cccc(N)n2)cc1. The van der Waals surface area contributed by atoms with Crippen molar-refractivity contribution in [2.75, 3.05) is 16.4 Å². The van der Waals surface area contributed by atoms with Gasteiger partial charge in [-0.2, -0.15) is 0 Å². The van der Waals surface area contributed by atoms with Crippen LogP contribution in [-0.2, 0) is 4.79 Å². The summed E-state index contributed by atoms with van der Waals surface area (Å²) in [5.74, 6) is 1.06. The number of aromatic nitrogens is 1. The fourth-order valence-corrected chi connectivity index (χ4v) is 1.51. The molecular weight excluding hydrogens is 228 g/mol. The molecule has 0 saturated heterocycles. The molecule has 2 rings (SSSR count). The Bertz CT molecular complexity index is 551. The smallest absolute Gasteiger partial charge is 0.221 e. The Hall–Kier alpha value is -2.56. The van der Waals surface area contributed by atoms with E-state index in [1.165, 1.54) is 6.92 Å². The Morgan fingerprint density at radius 2 is 1.78 bits per heavy atom. The minimum Gasteiger partial charge on any atom is -0.384 e. The molecule has 4 N–H and O–H groups in total. The fraction of sp³-hybridized carbons (Fsp3) is 0.0769. The number of nitrogens with zero attached hydrogens (tertiary/aromatic N) is 1. The van der Waals surface area contributed by atoms with Crippen LogP contribution in [0.1, 0.15) is 6.92 Å². The second-order valence-electron chi connectivity index (χ2n) is 3.83. The molecule has 0 unspecified atom stereocenters. The van der Waals surface area contributed by atoms with Crippen LogP contribution in [0.5, 0.6) is 0 Å². The summed E-state index contributed by atoms with van der Waals surface area (Å²) < 4.78 is 0. The van der Waals surface area contributed by atoms with Crippen molar-refractivity contribution in [3.05, 3.63) is 42.5 Å². The molecule has 0 radical (unpaired) electrons. The quantitative estimate of drug-likeness (QED) is 0.772. The predicted molar refractivity (Wildman–Crippen MR) is 72.7 cm³/mol. The van der Waals surface area contributed by atoms with E-state index in [1.54, 1.807) is 6.07 Å². The number of amides is 1.